The molecule has 57 heavy (non-hydrogen) atoms. The fraction of sp³-hybridized carbons (Fsp3) is 0.119. The molecule has 15 heteroatoms. The predicted octanol–water partition coefficient (Wildman–Crippen LogP) is 13.8. The van der Waals surface area contributed by atoms with Crippen LogP contribution in [-0.4, -0.2) is 9.13 Å². The number of nitriles is 1. The lowest BCUT2D eigenvalue weighted by Crippen LogP contribution is -2.06. The highest BCUT2D eigenvalue weighted by molar-refractivity contribution is 6.12. The fourth-order valence-corrected chi connectivity index (χ4v) is 7.40. The maximum atomic E-state index is 14.0. The Hall–Kier alpha value is -6.43. The third kappa shape index (κ3) is 6.19. The van der Waals surface area contributed by atoms with E-state index in [4.69, 9.17) is 0 Å². The predicted molar refractivity (Wildman–Crippen MR) is 190 cm³/mol. The van der Waals surface area contributed by atoms with E-state index in [1.54, 1.807) is 31.2 Å². The van der Waals surface area contributed by atoms with Crippen molar-refractivity contribution in [2.24, 2.45) is 0 Å². The molecule has 0 aliphatic rings. The quantitative estimate of drug-likeness (QED) is 0.164. The van der Waals surface area contributed by atoms with Crippen molar-refractivity contribution in [3.63, 3.8) is 0 Å². The Morgan fingerprint density at radius 1 is 0.439 bits per heavy atom. The number of para-hydroxylation sites is 1. The molecule has 0 N–H and O–H groups in total. The number of hydrogen-bond acceptors (Lipinski definition) is 1. The van der Waals surface area contributed by atoms with Crippen LogP contribution < -0.4 is 0 Å². The summed E-state index contributed by atoms with van der Waals surface area (Å²) in [6, 6.07) is 21.9. The van der Waals surface area contributed by atoms with Gasteiger partial charge < -0.3 is 9.13 Å². The molecule has 0 fully saturated rings. The van der Waals surface area contributed by atoms with E-state index in [-0.39, 0.29) is 71.7 Å². The molecule has 2 aromatic heterocycles. The molecule has 0 radical (unpaired) electrons. The van der Waals surface area contributed by atoms with E-state index in [1.807, 2.05) is 0 Å². The van der Waals surface area contributed by atoms with Crippen molar-refractivity contribution < 1.29 is 52.7 Å². The van der Waals surface area contributed by atoms with Gasteiger partial charge in [0.1, 0.15) is 6.07 Å². The van der Waals surface area contributed by atoms with Crippen LogP contribution in [0.5, 0.6) is 0 Å². The van der Waals surface area contributed by atoms with Gasteiger partial charge in [0.25, 0.3) is 0 Å². The van der Waals surface area contributed by atoms with E-state index in [1.165, 1.54) is 21.3 Å². The van der Waals surface area contributed by atoms with Crippen LogP contribution in [0.4, 0.5) is 52.7 Å². The number of nitrogens with zero attached hydrogens (tertiary/aromatic N) is 3. The van der Waals surface area contributed by atoms with Gasteiger partial charge in [0.15, 0.2) is 0 Å². The molecule has 0 spiro atoms. The minimum atomic E-state index is -4.86. The van der Waals surface area contributed by atoms with Gasteiger partial charge in [0.2, 0.25) is 0 Å². The third-order valence-electron chi connectivity index (χ3n) is 9.90. The second-order valence-corrected chi connectivity index (χ2v) is 13.4. The molecule has 2 heterocycles. The van der Waals surface area contributed by atoms with Crippen molar-refractivity contribution in [3.8, 4) is 28.6 Å². The molecule has 288 valence electrons. The van der Waals surface area contributed by atoms with E-state index in [9.17, 15) is 57.9 Å². The summed E-state index contributed by atoms with van der Waals surface area (Å²) in [6.45, 7) is 1.70. The number of hydrogen-bond donors (Lipinski definition) is 0. The van der Waals surface area contributed by atoms with Crippen LogP contribution in [0.25, 0.3) is 66.1 Å². The minimum absolute atomic E-state index is 0.0201. The van der Waals surface area contributed by atoms with E-state index in [0.717, 1.165) is 72.8 Å². The average Bonchev–Trinajstić information content (AvgIpc) is 3.64. The smallest absolute Gasteiger partial charge is 0.309 e. The Morgan fingerprint density at radius 2 is 0.825 bits per heavy atom. The monoisotopic (exact) mass is 795 g/mol. The van der Waals surface area contributed by atoms with Crippen LogP contribution in [0.3, 0.4) is 0 Å². The lowest BCUT2D eigenvalue weighted by atomic mass is 9.96. The molecule has 8 aromatic rings. The first-order valence-corrected chi connectivity index (χ1v) is 16.8. The molecular formula is C42H21F12N3. The van der Waals surface area contributed by atoms with E-state index < -0.39 is 47.0 Å². The lowest BCUT2D eigenvalue weighted by molar-refractivity contribution is -0.138. The Morgan fingerprint density at radius 3 is 1.19 bits per heavy atom. The zero-order valence-electron chi connectivity index (χ0n) is 28.8. The van der Waals surface area contributed by atoms with Crippen molar-refractivity contribution in [2.75, 3.05) is 0 Å². The molecule has 0 unspecified atom stereocenters. The lowest BCUT2D eigenvalue weighted by Gasteiger charge is -2.20. The van der Waals surface area contributed by atoms with Crippen molar-refractivity contribution in [1.29, 1.82) is 5.26 Å². The highest BCUT2D eigenvalue weighted by atomic mass is 19.4. The molecular weight excluding hydrogens is 774 g/mol. The maximum Gasteiger partial charge on any atom is 0.416 e. The first-order chi connectivity index (χ1) is 26.7. The first-order valence-electron chi connectivity index (χ1n) is 16.8. The largest absolute Gasteiger partial charge is 0.416 e. The number of benzene rings is 6. The summed E-state index contributed by atoms with van der Waals surface area (Å²) in [5, 5.41) is 9.77. The summed E-state index contributed by atoms with van der Waals surface area (Å²) in [7, 11) is 0. The molecule has 0 amide bonds. The molecule has 0 aliphatic heterocycles. The molecule has 0 saturated carbocycles. The molecule has 0 aliphatic carbocycles. The summed E-state index contributed by atoms with van der Waals surface area (Å²) in [6.07, 6.45) is -19.4. The highest BCUT2D eigenvalue weighted by Gasteiger charge is 2.36. The van der Waals surface area contributed by atoms with Crippen molar-refractivity contribution in [1.82, 2.24) is 9.13 Å². The van der Waals surface area contributed by atoms with Crippen LogP contribution in [0.15, 0.2) is 109 Å². The Labute approximate surface area is 313 Å². The maximum absolute atomic E-state index is 14.0. The molecule has 0 atom stereocenters. The highest BCUT2D eigenvalue weighted by Crippen LogP contribution is 2.46. The van der Waals surface area contributed by atoms with Gasteiger partial charge >= 0.3 is 24.7 Å². The van der Waals surface area contributed by atoms with E-state index >= 15 is 0 Å². The summed E-state index contributed by atoms with van der Waals surface area (Å²) < 4.78 is 170. The van der Waals surface area contributed by atoms with Crippen molar-refractivity contribution in [3.05, 3.63) is 143 Å². The molecule has 0 saturated heterocycles. The normalized spacial score (nSPS) is 13.0. The number of fused-ring (bicyclic) bond motifs is 6. The molecule has 6 aromatic carbocycles. The van der Waals surface area contributed by atoms with Gasteiger partial charge in [-0.25, -0.2) is 0 Å². The van der Waals surface area contributed by atoms with E-state index in [2.05, 4.69) is 6.07 Å². The third-order valence-corrected chi connectivity index (χ3v) is 9.90. The summed E-state index contributed by atoms with van der Waals surface area (Å²) in [5.74, 6) is 0. The molecule has 8 rings (SSSR count). The van der Waals surface area contributed by atoms with Gasteiger partial charge in [-0.1, -0.05) is 23.8 Å². The van der Waals surface area contributed by atoms with Crippen LogP contribution in [-0.2, 0) is 24.7 Å². The van der Waals surface area contributed by atoms with Gasteiger partial charge in [0, 0.05) is 32.7 Å². The number of aromatic nitrogens is 2. The van der Waals surface area contributed by atoms with Crippen LogP contribution in [0, 0.1) is 18.3 Å². The number of halogens is 12. The topological polar surface area (TPSA) is 33.6 Å². The van der Waals surface area contributed by atoms with Crippen LogP contribution in [0.2, 0.25) is 0 Å². The van der Waals surface area contributed by atoms with Gasteiger partial charge in [-0.15, -0.1) is 0 Å². The Balaban J connectivity index is 1.49. The average molecular weight is 796 g/mol. The minimum Gasteiger partial charge on any atom is -0.309 e. The summed E-state index contributed by atoms with van der Waals surface area (Å²) in [4.78, 5) is 0. The van der Waals surface area contributed by atoms with Crippen molar-refractivity contribution >= 4 is 43.6 Å². The van der Waals surface area contributed by atoms with E-state index in [0.29, 0.717) is 5.56 Å². The first kappa shape index (κ1) is 37.5. The summed E-state index contributed by atoms with van der Waals surface area (Å²) >= 11 is 0. The van der Waals surface area contributed by atoms with Gasteiger partial charge in [0.05, 0.1) is 61.3 Å². The van der Waals surface area contributed by atoms with Crippen molar-refractivity contribution in [2.45, 2.75) is 31.6 Å². The SMILES string of the molecule is Cc1ccc(-n2c3ccc(C(F)(F)F)cc3c3cc(C(F)(F)F)ccc32)c(-c2cccc(C#N)c2-n2c3ccc(C(F)(F)F)cc3c3cc(C(F)(F)F)ccc32)c1. The number of aryl methyl sites for hydroxylation is 1. The summed E-state index contributed by atoms with van der Waals surface area (Å²) in [5.41, 5.74) is -2.88. The Bertz CT molecular complexity index is 2840. The van der Waals surface area contributed by atoms with Crippen LogP contribution in [0.1, 0.15) is 33.4 Å². The second-order valence-electron chi connectivity index (χ2n) is 13.4. The number of alkyl halides is 12. The van der Waals surface area contributed by atoms with Gasteiger partial charge in [-0.3, -0.25) is 0 Å². The van der Waals surface area contributed by atoms with Crippen LogP contribution >= 0.6 is 0 Å². The Kier molecular flexibility index (Phi) is 8.25. The fourth-order valence-electron chi connectivity index (χ4n) is 7.40. The van der Waals surface area contributed by atoms with Gasteiger partial charge in [-0.05, 0) is 97.9 Å². The molecule has 0 bridgehead atoms. The second kappa shape index (κ2) is 12.5. The molecule has 3 nitrogen and oxygen atoms in total. The zero-order valence-corrected chi connectivity index (χ0v) is 28.8. The number of rotatable bonds is 3. The standard InChI is InChI=1S/C42H21F12N3/c1-21-5-10-33(56-34-11-6-23(39(43,44)45)16-29(34)30-17-24(40(46,47)48)7-12-35(30)56)28(15-21)27-4-2-3-22(20-55)38(27)57-36-13-8-25(41(49,50)51)18-31(36)32-19-26(42(52,53)54)9-14-37(32)57/h2-19H,1H3. The van der Waals surface area contributed by atoms with Gasteiger partial charge in [-0.2, -0.15) is 57.9 Å². The zero-order chi connectivity index (χ0) is 41.0.